The first kappa shape index (κ1) is 11.3. The summed E-state index contributed by atoms with van der Waals surface area (Å²) in [5.74, 6) is 0.842. The van der Waals surface area contributed by atoms with Crippen LogP contribution in [0.25, 0.3) is 0 Å². The summed E-state index contributed by atoms with van der Waals surface area (Å²) in [6, 6.07) is 8.82. The number of hydrogen-bond donors (Lipinski definition) is 0. The number of benzene rings is 1. The van der Waals surface area contributed by atoms with Crippen molar-refractivity contribution in [1.82, 2.24) is 0 Å². The van der Waals surface area contributed by atoms with E-state index in [1.807, 2.05) is 38.1 Å². The van der Waals surface area contributed by atoms with Crippen LogP contribution in [-0.4, -0.2) is 23.1 Å². The van der Waals surface area contributed by atoms with Gasteiger partial charge in [0.15, 0.2) is 6.29 Å². The van der Waals surface area contributed by atoms with E-state index < -0.39 is 0 Å². The Morgan fingerprint density at radius 1 is 1.29 bits per heavy atom. The van der Waals surface area contributed by atoms with Crippen LogP contribution in [0.5, 0.6) is 5.75 Å². The number of rotatable bonds is 5. The molecule has 14 heavy (non-hydrogen) atoms. The molecule has 2 nitrogen and oxygen atoms in total. The van der Waals surface area contributed by atoms with Gasteiger partial charge in [-0.05, 0) is 32.0 Å². The second kappa shape index (κ2) is 5.83. The molecule has 0 fully saturated rings. The van der Waals surface area contributed by atoms with Crippen molar-refractivity contribution in [3.63, 3.8) is 0 Å². The fourth-order valence-electron chi connectivity index (χ4n) is 1.15. The standard InChI is InChI=1S/C11H15O2Si/c1-3-12-9(2)13-11-6-4-10(8-14)5-7-11/h4-7,9H,3,8H2,1-2H3. The van der Waals surface area contributed by atoms with Gasteiger partial charge in [-0.2, -0.15) is 0 Å². The molecule has 0 heterocycles. The van der Waals surface area contributed by atoms with Crippen molar-refractivity contribution < 1.29 is 9.47 Å². The molecule has 0 saturated carbocycles. The molecule has 1 unspecified atom stereocenters. The summed E-state index contributed by atoms with van der Waals surface area (Å²) in [6.07, 6.45) is -0.186. The molecule has 0 aliphatic heterocycles. The molecule has 0 N–H and O–H groups in total. The van der Waals surface area contributed by atoms with Crippen LogP contribution in [0.3, 0.4) is 0 Å². The van der Waals surface area contributed by atoms with Crippen molar-refractivity contribution in [2.75, 3.05) is 6.61 Å². The fourth-order valence-corrected chi connectivity index (χ4v) is 1.38. The summed E-state index contributed by atoms with van der Waals surface area (Å²) in [4.78, 5) is 0. The highest BCUT2D eigenvalue weighted by Gasteiger charge is 2.01. The van der Waals surface area contributed by atoms with E-state index in [0.717, 1.165) is 11.8 Å². The molecule has 1 aromatic rings. The van der Waals surface area contributed by atoms with Gasteiger partial charge in [0.05, 0.1) is 0 Å². The molecule has 3 heteroatoms. The van der Waals surface area contributed by atoms with E-state index >= 15 is 0 Å². The quantitative estimate of drug-likeness (QED) is 0.544. The summed E-state index contributed by atoms with van der Waals surface area (Å²) in [5.41, 5.74) is 1.23. The van der Waals surface area contributed by atoms with E-state index in [0.29, 0.717) is 6.61 Å². The van der Waals surface area contributed by atoms with Crippen molar-refractivity contribution >= 4 is 10.2 Å². The van der Waals surface area contributed by atoms with Gasteiger partial charge in [0, 0.05) is 16.8 Å². The Hall–Kier alpha value is -0.803. The lowest BCUT2D eigenvalue weighted by Gasteiger charge is -2.14. The molecule has 3 radical (unpaired) electrons. The van der Waals surface area contributed by atoms with Crippen molar-refractivity contribution in [1.29, 1.82) is 0 Å². The van der Waals surface area contributed by atoms with Gasteiger partial charge < -0.3 is 9.47 Å². The van der Waals surface area contributed by atoms with Gasteiger partial charge in [-0.3, -0.25) is 0 Å². The third-order valence-electron chi connectivity index (χ3n) is 1.83. The maximum atomic E-state index is 5.52. The Morgan fingerprint density at radius 3 is 2.43 bits per heavy atom. The van der Waals surface area contributed by atoms with E-state index in [9.17, 15) is 0 Å². The maximum absolute atomic E-state index is 5.52. The Balaban J connectivity index is 2.50. The zero-order chi connectivity index (χ0) is 10.4. The SMILES string of the molecule is CCOC(C)Oc1ccc(C[Si])cc1. The highest BCUT2D eigenvalue weighted by atomic mass is 28.1. The van der Waals surface area contributed by atoms with Crippen LogP contribution in [0, 0.1) is 0 Å². The Labute approximate surface area is 88.7 Å². The molecule has 1 rings (SSSR count). The minimum atomic E-state index is -0.186. The lowest BCUT2D eigenvalue weighted by molar-refractivity contribution is -0.0613. The number of hydrogen-bond acceptors (Lipinski definition) is 2. The lowest BCUT2D eigenvalue weighted by atomic mass is 10.2. The van der Waals surface area contributed by atoms with Gasteiger partial charge in [-0.15, -0.1) is 0 Å². The largest absolute Gasteiger partial charge is 0.465 e. The van der Waals surface area contributed by atoms with Crippen molar-refractivity contribution in [2.24, 2.45) is 0 Å². The molecule has 0 aromatic heterocycles. The summed E-state index contributed by atoms with van der Waals surface area (Å²) in [7, 11) is 3.44. The maximum Gasteiger partial charge on any atom is 0.196 e. The first-order chi connectivity index (χ1) is 6.76. The molecule has 0 amide bonds. The van der Waals surface area contributed by atoms with Crippen LogP contribution in [-0.2, 0) is 10.8 Å². The summed E-state index contributed by atoms with van der Waals surface area (Å²) < 4.78 is 10.8. The molecule has 0 bridgehead atoms. The summed E-state index contributed by atoms with van der Waals surface area (Å²) in [6.45, 7) is 4.51. The zero-order valence-corrected chi connectivity index (χ0v) is 9.62. The van der Waals surface area contributed by atoms with Crippen LogP contribution in [0.1, 0.15) is 19.4 Å². The minimum Gasteiger partial charge on any atom is -0.465 e. The van der Waals surface area contributed by atoms with Gasteiger partial charge in [-0.25, -0.2) is 0 Å². The van der Waals surface area contributed by atoms with Crippen molar-refractivity contribution in [3.05, 3.63) is 29.8 Å². The molecule has 0 spiro atoms. The first-order valence-corrected chi connectivity index (χ1v) is 5.48. The molecule has 0 saturated heterocycles. The highest BCUT2D eigenvalue weighted by Crippen LogP contribution is 2.13. The van der Waals surface area contributed by atoms with Gasteiger partial charge in [-0.1, -0.05) is 17.7 Å². The van der Waals surface area contributed by atoms with E-state index in [1.165, 1.54) is 5.56 Å². The van der Waals surface area contributed by atoms with Gasteiger partial charge in [0.2, 0.25) is 0 Å². The normalized spacial score (nSPS) is 12.5. The summed E-state index contributed by atoms with van der Waals surface area (Å²) >= 11 is 0. The molecule has 75 valence electrons. The Bertz CT molecular complexity index is 258. The third kappa shape index (κ3) is 3.52. The molecule has 0 aliphatic carbocycles. The first-order valence-electron chi connectivity index (χ1n) is 4.78. The molecule has 1 aromatic carbocycles. The zero-order valence-electron chi connectivity index (χ0n) is 8.62. The topological polar surface area (TPSA) is 18.5 Å². The van der Waals surface area contributed by atoms with Gasteiger partial charge in [0.25, 0.3) is 0 Å². The molecule has 0 aliphatic rings. The number of ether oxygens (including phenoxy) is 2. The Kier molecular flexibility index (Phi) is 4.69. The van der Waals surface area contributed by atoms with Crippen LogP contribution in [0.15, 0.2) is 24.3 Å². The molecule has 1 atom stereocenters. The van der Waals surface area contributed by atoms with Crippen LogP contribution < -0.4 is 4.74 Å². The average Bonchev–Trinajstić information content (AvgIpc) is 2.19. The Morgan fingerprint density at radius 2 is 1.93 bits per heavy atom. The summed E-state index contributed by atoms with van der Waals surface area (Å²) in [5, 5.41) is 0. The van der Waals surface area contributed by atoms with E-state index in [-0.39, 0.29) is 6.29 Å². The van der Waals surface area contributed by atoms with Gasteiger partial charge >= 0.3 is 0 Å². The van der Waals surface area contributed by atoms with E-state index in [2.05, 4.69) is 10.2 Å². The fraction of sp³-hybridized carbons (Fsp3) is 0.455. The predicted octanol–water partition coefficient (Wildman–Crippen LogP) is 2.12. The smallest absolute Gasteiger partial charge is 0.196 e. The molecular weight excluding hydrogens is 192 g/mol. The predicted molar refractivity (Wildman–Crippen MR) is 57.6 cm³/mol. The lowest BCUT2D eigenvalue weighted by Crippen LogP contribution is -2.15. The van der Waals surface area contributed by atoms with E-state index in [1.54, 1.807) is 0 Å². The monoisotopic (exact) mass is 207 g/mol. The van der Waals surface area contributed by atoms with Crippen LogP contribution in [0.4, 0.5) is 0 Å². The van der Waals surface area contributed by atoms with Gasteiger partial charge in [0.1, 0.15) is 5.75 Å². The minimum absolute atomic E-state index is 0.186. The van der Waals surface area contributed by atoms with Crippen molar-refractivity contribution in [3.8, 4) is 5.75 Å². The highest BCUT2D eigenvalue weighted by molar-refractivity contribution is 6.08. The average molecular weight is 207 g/mol. The van der Waals surface area contributed by atoms with Crippen molar-refractivity contribution in [2.45, 2.75) is 26.2 Å². The van der Waals surface area contributed by atoms with E-state index in [4.69, 9.17) is 9.47 Å². The second-order valence-electron chi connectivity index (χ2n) is 2.96. The third-order valence-corrected chi connectivity index (χ3v) is 2.24. The van der Waals surface area contributed by atoms with Crippen LogP contribution >= 0.6 is 0 Å². The second-order valence-corrected chi connectivity index (χ2v) is 3.32. The van der Waals surface area contributed by atoms with Crippen LogP contribution in [0.2, 0.25) is 0 Å². The molecular formula is C11H15O2Si.